The van der Waals surface area contributed by atoms with Gasteiger partial charge in [-0.15, -0.1) is 0 Å². The van der Waals surface area contributed by atoms with Gasteiger partial charge in [0.1, 0.15) is 10.1 Å². The fourth-order valence-electron chi connectivity index (χ4n) is 7.11. The van der Waals surface area contributed by atoms with Crippen molar-refractivity contribution >= 4 is 56.5 Å². The first-order valence-corrected chi connectivity index (χ1v) is 18.2. The minimum atomic E-state index is -4.84. The molecule has 0 radical (unpaired) electrons. The Morgan fingerprint density at radius 2 is 0.736 bits per heavy atom. The van der Waals surface area contributed by atoms with Crippen LogP contribution in [-0.2, 0) is 10.1 Å². The van der Waals surface area contributed by atoms with Gasteiger partial charge < -0.3 is 14.5 Å². The van der Waals surface area contributed by atoms with E-state index in [1.807, 2.05) is 115 Å². The third-order valence-corrected chi connectivity index (χ3v) is 10.3. The van der Waals surface area contributed by atoms with E-state index in [0.717, 1.165) is 61.3 Å². The van der Waals surface area contributed by atoms with Gasteiger partial charge in [-0.05, 0) is 71.3 Å². The number of rotatable bonds is 5. The summed E-state index contributed by atoms with van der Waals surface area (Å²) >= 11 is 0. The number of nitrogens with zero attached hydrogens (tertiary/aromatic N) is 2. The molecule has 0 unspecified atom stereocenters. The van der Waals surface area contributed by atoms with Gasteiger partial charge in [-0.2, -0.15) is 0 Å². The molecular formula is C44H29N4NaO3S. The second kappa shape index (κ2) is 14.1. The quantitative estimate of drug-likeness (QED) is 0.144. The van der Waals surface area contributed by atoms with Gasteiger partial charge in [-0.25, -0.2) is 18.4 Å². The summed E-state index contributed by atoms with van der Waals surface area (Å²) in [6.07, 6.45) is 7.88. The third-order valence-electron chi connectivity index (χ3n) is 9.37. The van der Waals surface area contributed by atoms with Gasteiger partial charge in [0.05, 0.1) is 27.7 Å². The van der Waals surface area contributed by atoms with E-state index in [9.17, 15) is 13.0 Å². The first-order chi connectivity index (χ1) is 25.4. The van der Waals surface area contributed by atoms with Crippen molar-refractivity contribution in [2.45, 2.75) is 4.90 Å². The van der Waals surface area contributed by atoms with Crippen molar-refractivity contribution in [2.75, 3.05) is 0 Å². The van der Waals surface area contributed by atoms with E-state index in [-0.39, 0.29) is 40.0 Å². The summed E-state index contributed by atoms with van der Waals surface area (Å²) < 4.78 is 38.0. The first kappa shape index (κ1) is 34.5. The number of aromatic amines is 2. The summed E-state index contributed by atoms with van der Waals surface area (Å²) in [4.78, 5) is 17.4. The molecule has 0 saturated heterocycles. The predicted molar refractivity (Wildman–Crippen MR) is 209 cm³/mol. The Kier molecular flexibility index (Phi) is 9.16. The Balaban J connectivity index is 0.00000400. The van der Waals surface area contributed by atoms with Crippen LogP contribution in [-0.4, -0.2) is 32.9 Å². The van der Waals surface area contributed by atoms with E-state index in [2.05, 4.69) is 34.2 Å². The Morgan fingerprint density at radius 3 is 1.11 bits per heavy atom. The minimum absolute atomic E-state index is 0. The van der Waals surface area contributed by atoms with E-state index in [1.54, 1.807) is 18.2 Å². The fraction of sp³-hybridized carbons (Fsp3) is 0. The molecule has 53 heavy (non-hydrogen) atoms. The maximum Gasteiger partial charge on any atom is 1.00 e. The molecule has 0 saturated carbocycles. The van der Waals surface area contributed by atoms with E-state index in [0.29, 0.717) is 22.5 Å². The molecule has 8 bridgehead atoms. The zero-order valence-corrected chi connectivity index (χ0v) is 31.4. The molecule has 5 heterocycles. The van der Waals surface area contributed by atoms with Crippen molar-refractivity contribution in [1.29, 1.82) is 0 Å². The van der Waals surface area contributed by atoms with Crippen LogP contribution < -0.4 is 29.6 Å². The number of hydrogen-bond acceptors (Lipinski definition) is 5. The van der Waals surface area contributed by atoms with Crippen molar-refractivity contribution < 1.29 is 42.5 Å². The van der Waals surface area contributed by atoms with Crippen molar-refractivity contribution in [2.24, 2.45) is 0 Å². The molecule has 0 spiro atoms. The summed E-state index contributed by atoms with van der Waals surface area (Å²) in [5.41, 5.74) is 12.2. The maximum atomic E-state index is 12.7. The Bertz CT molecular complexity index is 2830. The molecule has 2 N–H and O–H groups in total. The smallest absolute Gasteiger partial charge is 0.744 e. The van der Waals surface area contributed by atoms with E-state index in [1.165, 1.54) is 6.07 Å². The van der Waals surface area contributed by atoms with Gasteiger partial charge in [-0.3, -0.25) is 0 Å². The molecule has 250 valence electrons. The van der Waals surface area contributed by atoms with Crippen LogP contribution in [0.2, 0.25) is 0 Å². The molecule has 0 atom stereocenters. The molecule has 9 heteroatoms. The Morgan fingerprint density at radius 1 is 0.415 bits per heavy atom. The molecule has 2 aliphatic rings. The number of hydrogen-bond donors (Lipinski definition) is 2. The zero-order chi connectivity index (χ0) is 35.2. The molecule has 0 fully saturated rings. The van der Waals surface area contributed by atoms with Gasteiger partial charge in [0.2, 0.25) is 0 Å². The average molecular weight is 717 g/mol. The molecule has 7 aromatic rings. The summed E-state index contributed by atoms with van der Waals surface area (Å²) in [5, 5.41) is 0. The van der Waals surface area contributed by atoms with Gasteiger partial charge in [0.15, 0.2) is 0 Å². The SMILES string of the molecule is O=S(=O)([O-])c1ccccc1-c1c2nc(c(-c3ccccc3)c3ccc([nH]3)c(-c3ccccc3)c3nc(c(-c4ccccc4)c4ccc1[nH]4)C=C3)C=C2.[Na+]. The van der Waals surface area contributed by atoms with Crippen molar-refractivity contribution in [3.8, 4) is 44.5 Å². The van der Waals surface area contributed by atoms with Gasteiger partial charge in [-0.1, -0.05) is 109 Å². The molecule has 2 aliphatic heterocycles. The second-order valence-corrected chi connectivity index (χ2v) is 13.9. The van der Waals surface area contributed by atoms with Crippen molar-refractivity contribution in [3.63, 3.8) is 0 Å². The van der Waals surface area contributed by atoms with Gasteiger partial charge >= 0.3 is 29.6 Å². The second-order valence-electron chi connectivity index (χ2n) is 12.6. The van der Waals surface area contributed by atoms with E-state index < -0.39 is 10.1 Å². The number of aromatic nitrogens is 4. The standard InChI is InChI=1S/C44H30N4O3S.Na/c49-52(50,51)40-19-11-10-18-31(40)44-38-26-24-36(47-38)42(29-14-6-2-7-15-29)34-22-20-32(45-34)41(28-12-4-1-5-13-28)33-21-23-35(46-33)43(30-16-8-3-9-17-30)37-25-27-39(44)48-37;/h1-27,45,48H,(H,49,50,51);/q;+1/p-1. The van der Waals surface area contributed by atoms with Crippen LogP contribution in [0.5, 0.6) is 0 Å². The topological polar surface area (TPSA) is 115 Å². The minimum Gasteiger partial charge on any atom is -0.744 e. The predicted octanol–water partition coefficient (Wildman–Crippen LogP) is 7.23. The van der Waals surface area contributed by atoms with Crippen LogP contribution in [0.25, 0.3) is 90.9 Å². The molecule has 4 aromatic carbocycles. The molecule has 3 aromatic heterocycles. The summed E-state index contributed by atoms with van der Waals surface area (Å²) in [6, 6.07) is 44.5. The number of benzene rings is 4. The summed E-state index contributed by atoms with van der Waals surface area (Å²) in [5.74, 6) is 0. The maximum absolute atomic E-state index is 12.7. The molecule has 7 nitrogen and oxygen atoms in total. The normalized spacial score (nSPS) is 12.1. The molecule has 0 aliphatic carbocycles. The van der Waals surface area contributed by atoms with E-state index in [4.69, 9.17) is 9.97 Å². The van der Waals surface area contributed by atoms with Crippen LogP contribution in [0, 0.1) is 0 Å². The average Bonchev–Trinajstić information content (AvgIpc) is 4.01. The van der Waals surface area contributed by atoms with Gasteiger partial charge in [0, 0.05) is 49.9 Å². The van der Waals surface area contributed by atoms with Gasteiger partial charge in [0.25, 0.3) is 0 Å². The van der Waals surface area contributed by atoms with Crippen LogP contribution >= 0.6 is 0 Å². The van der Waals surface area contributed by atoms with E-state index >= 15 is 0 Å². The molecule has 0 amide bonds. The number of nitrogens with one attached hydrogen (secondary N) is 2. The first-order valence-electron chi connectivity index (χ1n) is 16.8. The van der Waals surface area contributed by atoms with Crippen molar-refractivity contribution in [3.05, 3.63) is 162 Å². The largest absolute Gasteiger partial charge is 1.00 e. The Hall–Kier alpha value is -5.61. The van der Waals surface area contributed by atoms with Crippen LogP contribution in [0.15, 0.2) is 144 Å². The zero-order valence-electron chi connectivity index (χ0n) is 28.6. The van der Waals surface area contributed by atoms with Crippen molar-refractivity contribution in [1.82, 2.24) is 19.9 Å². The van der Waals surface area contributed by atoms with Crippen LogP contribution in [0.1, 0.15) is 22.8 Å². The summed E-state index contributed by atoms with van der Waals surface area (Å²) in [7, 11) is -4.84. The summed E-state index contributed by atoms with van der Waals surface area (Å²) in [6.45, 7) is 0. The van der Waals surface area contributed by atoms with Crippen LogP contribution in [0.4, 0.5) is 0 Å². The molecular weight excluding hydrogens is 688 g/mol. The van der Waals surface area contributed by atoms with Crippen LogP contribution in [0.3, 0.4) is 0 Å². The molecule has 9 rings (SSSR count). The number of fused-ring (bicyclic) bond motifs is 8. The Labute approximate surface area is 328 Å². The number of H-pyrrole nitrogens is 2. The monoisotopic (exact) mass is 716 g/mol. The fourth-order valence-corrected chi connectivity index (χ4v) is 7.79. The third kappa shape index (κ3) is 6.41.